The summed E-state index contributed by atoms with van der Waals surface area (Å²) in [5, 5.41) is 13.5. The first-order valence-electron chi connectivity index (χ1n) is 10.2. The second-order valence-corrected chi connectivity index (χ2v) is 7.69. The summed E-state index contributed by atoms with van der Waals surface area (Å²) in [6, 6.07) is 13.6. The second kappa shape index (κ2) is 8.56. The van der Waals surface area contributed by atoms with Crippen LogP contribution in [0.15, 0.2) is 53.5 Å². The van der Waals surface area contributed by atoms with E-state index >= 15 is 0 Å². The molecule has 4 rings (SSSR count). The first-order valence-corrected chi connectivity index (χ1v) is 10.2. The SMILES string of the molecule is CN=C(NC1CC1c1ccccc1OC(F)(F)F)N1CCN(c2ccccc2O)CC1. The van der Waals surface area contributed by atoms with Crippen LogP contribution in [0.25, 0.3) is 0 Å². The molecule has 2 atom stereocenters. The van der Waals surface area contributed by atoms with E-state index in [9.17, 15) is 18.3 Å². The van der Waals surface area contributed by atoms with Crippen LogP contribution in [-0.4, -0.2) is 61.6 Å². The Morgan fingerprint density at radius 2 is 1.74 bits per heavy atom. The van der Waals surface area contributed by atoms with Crippen LogP contribution < -0.4 is 15.0 Å². The van der Waals surface area contributed by atoms with E-state index in [1.165, 1.54) is 6.07 Å². The predicted molar refractivity (Wildman–Crippen MR) is 113 cm³/mol. The Balaban J connectivity index is 1.35. The van der Waals surface area contributed by atoms with Crippen LogP contribution in [0.4, 0.5) is 18.9 Å². The quantitative estimate of drug-likeness (QED) is 0.570. The molecule has 2 aromatic rings. The minimum atomic E-state index is -4.71. The smallest absolute Gasteiger partial charge is 0.506 e. The lowest BCUT2D eigenvalue weighted by molar-refractivity contribution is -0.274. The molecular formula is C22H25F3N4O2. The summed E-state index contributed by atoms with van der Waals surface area (Å²) >= 11 is 0. The molecule has 0 radical (unpaired) electrons. The molecule has 31 heavy (non-hydrogen) atoms. The van der Waals surface area contributed by atoms with Gasteiger partial charge in [0.1, 0.15) is 11.5 Å². The molecule has 1 heterocycles. The van der Waals surface area contributed by atoms with Gasteiger partial charge in [-0.3, -0.25) is 4.99 Å². The lowest BCUT2D eigenvalue weighted by atomic mass is 10.1. The third kappa shape index (κ3) is 4.98. The van der Waals surface area contributed by atoms with Crippen molar-refractivity contribution < 1.29 is 23.0 Å². The fraction of sp³-hybridized carbons (Fsp3) is 0.409. The van der Waals surface area contributed by atoms with Crippen LogP contribution in [0.1, 0.15) is 17.9 Å². The number of halogens is 3. The zero-order valence-corrected chi connectivity index (χ0v) is 17.1. The highest BCUT2D eigenvalue weighted by Gasteiger charge is 2.43. The van der Waals surface area contributed by atoms with Gasteiger partial charge in [0.15, 0.2) is 5.96 Å². The summed E-state index contributed by atoms with van der Waals surface area (Å²) in [5.41, 5.74) is 1.37. The van der Waals surface area contributed by atoms with Gasteiger partial charge in [-0.1, -0.05) is 30.3 Å². The van der Waals surface area contributed by atoms with Gasteiger partial charge in [-0.25, -0.2) is 0 Å². The van der Waals surface area contributed by atoms with Crippen LogP contribution in [0.2, 0.25) is 0 Å². The van der Waals surface area contributed by atoms with Gasteiger partial charge in [0.2, 0.25) is 0 Å². The molecule has 1 aliphatic carbocycles. The number of nitrogens with one attached hydrogen (secondary N) is 1. The average molecular weight is 434 g/mol. The number of nitrogens with zero attached hydrogens (tertiary/aromatic N) is 3. The van der Waals surface area contributed by atoms with Crippen molar-refractivity contribution in [2.24, 2.45) is 4.99 Å². The molecule has 2 fully saturated rings. The van der Waals surface area contributed by atoms with Gasteiger partial charge in [0.05, 0.1) is 5.69 Å². The van der Waals surface area contributed by atoms with Crippen molar-refractivity contribution >= 4 is 11.6 Å². The van der Waals surface area contributed by atoms with E-state index in [1.54, 1.807) is 37.4 Å². The van der Waals surface area contributed by atoms with Crippen LogP contribution in [0.5, 0.6) is 11.5 Å². The Hall–Kier alpha value is -3.10. The zero-order valence-electron chi connectivity index (χ0n) is 17.1. The third-order valence-corrected chi connectivity index (χ3v) is 5.66. The number of guanidine groups is 1. The summed E-state index contributed by atoms with van der Waals surface area (Å²) in [6.45, 7) is 2.90. The molecule has 1 saturated carbocycles. The fourth-order valence-electron chi connectivity index (χ4n) is 4.06. The van der Waals surface area contributed by atoms with Gasteiger partial charge in [-0.2, -0.15) is 0 Å². The zero-order chi connectivity index (χ0) is 22.0. The molecule has 1 saturated heterocycles. The van der Waals surface area contributed by atoms with Crippen molar-refractivity contribution in [2.75, 3.05) is 38.1 Å². The standard InChI is InChI=1S/C22H25F3N4O2/c1-26-21(29-12-10-28(11-13-29)18-7-3-4-8-19(18)30)27-17-14-16(17)15-6-2-5-9-20(15)31-22(23,24)25/h2-9,16-17,30H,10-14H2,1H3,(H,26,27). The van der Waals surface area contributed by atoms with E-state index in [1.807, 2.05) is 12.1 Å². The number of benzene rings is 2. The summed E-state index contributed by atoms with van der Waals surface area (Å²) in [6.07, 6.45) is -3.99. The highest BCUT2D eigenvalue weighted by atomic mass is 19.4. The maximum atomic E-state index is 12.7. The maximum Gasteiger partial charge on any atom is 0.573 e. The summed E-state index contributed by atoms with van der Waals surface area (Å²) < 4.78 is 42.3. The van der Waals surface area contributed by atoms with Gasteiger partial charge in [0, 0.05) is 45.2 Å². The minimum Gasteiger partial charge on any atom is -0.506 e. The van der Waals surface area contributed by atoms with Gasteiger partial charge in [-0.15, -0.1) is 13.2 Å². The second-order valence-electron chi connectivity index (χ2n) is 7.69. The highest BCUT2D eigenvalue weighted by molar-refractivity contribution is 5.81. The molecule has 0 bridgehead atoms. The van der Waals surface area contributed by atoms with E-state index in [0.29, 0.717) is 5.56 Å². The number of aliphatic imine (C=N–C) groups is 1. The first-order chi connectivity index (χ1) is 14.9. The predicted octanol–water partition coefficient (Wildman–Crippen LogP) is 3.54. The van der Waals surface area contributed by atoms with Crippen LogP contribution >= 0.6 is 0 Å². The van der Waals surface area contributed by atoms with E-state index in [0.717, 1.165) is 44.2 Å². The molecule has 2 aromatic carbocycles. The number of para-hydroxylation sites is 3. The molecule has 0 aromatic heterocycles. The molecule has 166 valence electrons. The van der Waals surface area contributed by atoms with Crippen LogP contribution in [0, 0.1) is 0 Å². The number of aromatic hydroxyl groups is 1. The number of ether oxygens (including phenoxy) is 1. The van der Waals surface area contributed by atoms with Crippen LogP contribution in [-0.2, 0) is 0 Å². The number of phenolic OH excluding ortho intramolecular Hbond substituents is 1. The van der Waals surface area contributed by atoms with E-state index in [4.69, 9.17) is 0 Å². The van der Waals surface area contributed by atoms with Gasteiger partial charge in [0.25, 0.3) is 0 Å². The molecule has 6 nitrogen and oxygen atoms in total. The van der Waals surface area contributed by atoms with Crippen molar-refractivity contribution in [3.8, 4) is 11.5 Å². The van der Waals surface area contributed by atoms with E-state index < -0.39 is 6.36 Å². The molecule has 0 spiro atoms. The van der Waals surface area contributed by atoms with Gasteiger partial charge in [-0.05, 0) is 30.2 Å². The number of alkyl halides is 3. The number of phenols is 1. The Morgan fingerprint density at radius 1 is 1.06 bits per heavy atom. The van der Waals surface area contributed by atoms with E-state index in [-0.39, 0.29) is 23.5 Å². The van der Waals surface area contributed by atoms with Gasteiger partial charge >= 0.3 is 6.36 Å². The number of anilines is 1. The monoisotopic (exact) mass is 434 g/mol. The Kier molecular flexibility index (Phi) is 5.84. The van der Waals surface area contributed by atoms with Crippen molar-refractivity contribution in [1.82, 2.24) is 10.2 Å². The Labute approximate surface area is 178 Å². The third-order valence-electron chi connectivity index (χ3n) is 5.66. The number of rotatable bonds is 4. The van der Waals surface area contributed by atoms with Gasteiger partial charge < -0.3 is 25.0 Å². The Bertz CT molecular complexity index is 942. The summed E-state index contributed by atoms with van der Waals surface area (Å²) in [7, 11) is 1.70. The van der Waals surface area contributed by atoms with E-state index in [2.05, 4.69) is 24.8 Å². The molecule has 9 heteroatoms. The lowest BCUT2D eigenvalue weighted by Crippen LogP contribution is -2.53. The van der Waals surface area contributed by atoms with Crippen molar-refractivity contribution in [2.45, 2.75) is 24.7 Å². The largest absolute Gasteiger partial charge is 0.573 e. The van der Waals surface area contributed by atoms with Crippen LogP contribution in [0.3, 0.4) is 0 Å². The molecule has 1 aliphatic heterocycles. The minimum absolute atomic E-state index is 0.00730. The van der Waals surface area contributed by atoms with Crippen molar-refractivity contribution in [1.29, 1.82) is 0 Å². The summed E-state index contributed by atoms with van der Waals surface area (Å²) in [5.74, 6) is 0.797. The highest BCUT2D eigenvalue weighted by Crippen LogP contribution is 2.45. The topological polar surface area (TPSA) is 60.3 Å². The normalized spacial score (nSPS) is 21.7. The number of piperazine rings is 1. The average Bonchev–Trinajstić information content (AvgIpc) is 3.51. The van der Waals surface area contributed by atoms with Crippen molar-refractivity contribution in [3.05, 3.63) is 54.1 Å². The fourth-order valence-corrected chi connectivity index (χ4v) is 4.06. The molecule has 0 amide bonds. The number of hydrogen-bond donors (Lipinski definition) is 2. The summed E-state index contributed by atoms with van der Waals surface area (Å²) in [4.78, 5) is 8.63. The number of hydrogen-bond acceptors (Lipinski definition) is 4. The molecular weight excluding hydrogens is 409 g/mol. The molecule has 2 N–H and O–H groups in total. The molecule has 2 unspecified atom stereocenters. The lowest BCUT2D eigenvalue weighted by Gasteiger charge is -2.38. The molecule has 2 aliphatic rings. The van der Waals surface area contributed by atoms with Crippen molar-refractivity contribution in [3.63, 3.8) is 0 Å². The Morgan fingerprint density at radius 3 is 2.42 bits per heavy atom. The first kappa shape index (κ1) is 21.1. The maximum absolute atomic E-state index is 12.7.